The summed E-state index contributed by atoms with van der Waals surface area (Å²) in [6.07, 6.45) is 6.04. The number of hydrogen-bond donors (Lipinski definition) is 1. The monoisotopic (exact) mass is 222 g/mol. The summed E-state index contributed by atoms with van der Waals surface area (Å²) in [6, 6.07) is 1.91. The highest BCUT2D eigenvalue weighted by molar-refractivity contribution is 5.15. The minimum absolute atomic E-state index is 0.235. The van der Waals surface area contributed by atoms with Gasteiger partial charge in [0.25, 0.3) is 0 Å². The minimum atomic E-state index is 0.235. The smallest absolute Gasteiger partial charge is 0.233 e. The molecule has 1 aliphatic carbocycles. The van der Waals surface area contributed by atoms with Gasteiger partial charge in [0.15, 0.2) is 0 Å². The molecule has 1 saturated carbocycles. The summed E-state index contributed by atoms with van der Waals surface area (Å²) in [5.74, 6) is 1.08. The van der Waals surface area contributed by atoms with E-state index in [1.807, 2.05) is 13.0 Å². The molecule has 0 saturated heterocycles. The number of ether oxygens (including phenoxy) is 1. The molecule has 4 heteroatoms. The zero-order valence-corrected chi connectivity index (χ0v) is 9.59. The van der Waals surface area contributed by atoms with Crippen molar-refractivity contribution in [1.29, 1.82) is 0 Å². The van der Waals surface area contributed by atoms with Crippen LogP contribution < -0.4 is 4.74 Å². The number of hydrogen-bond acceptors (Lipinski definition) is 4. The fourth-order valence-electron chi connectivity index (χ4n) is 2.10. The van der Waals surface area contributed by atoms with Gasteiger partial charge in [0.05, 0.1) is 6.20 Å². The van der Waals surface area contributed by atoms with E-state index in [0.717, 1.165) is 31.2 Å². The van der Waals surface area contributed by atoms with Crippen LogP contribution in [-0.2, 0) is 0 Å². The predicted octanol–water partition coefficient (Wildman–Crippen LogP) is 1.71. The van der Waals surface area contributed by atoms with Crippen LogP contribution in [0.4, 0.5) is 0 Å². The summed E-state index contributed by atoms with van der Waals surface area (Å²) in [7, 11) is 0. The van der Waals surface area contributed by atoms with Crippen molar-refractivity contribution in [1.82, 2.24) is 10.2 Å². The first-order valence-corrected chi connectivity index (χ1v) is 5.85. The minimum Gasteiger partial charge on any atom is -0.473 e. The molecule has 1 aromatic rings. The lowest BCUT2D eigenvalue weighted by Crippen LogP contribution is -2.25. The van der Waals surface area contributed by atoms with E-state index >= 15 is 0 Å². The third kappa shape index (κ3) is 2.92. The van der Waals surface area contributed by atoms with Crippen molar-refractivity contribution in [2.24, 2.45) is 5.92 Å². The molecule has 0 spiro atoms. The zero-order chi connectivity index (χ0) is 11.4. The number of aryl methyl sites for hydroxylation is 1. The highest BCUT2D eigenvalue weighted by Gasteiger charge is 2.22. The Hall–Kier alpha value is -1.16. The first kappa shape index (κ1) is 11.3. The van der Waals surface area contributed by atoms with E-state index in [1.54, 1.807) is 6.20 Å². The maximum absolute atomic E-state index is 9.04. The van der Waals surface area contributed by atoms with Crippen molar-refractivity contribution >= 4 is 0 Å². The van der Waals surface area contributed by atoms with E-state index in [0.29, 0.717) is 18.4 Å². The second kappa shape index (κ2) is 5.25. The molecule has 88 valence electrons. The van der Waals surface area contributed by atoms with Crippen molar-refractivity contribution in [3.8, 4) is 5.88 Å². The Morgan fingerprint density at radius 3 is 2.75 bits per heavy atom. The predicted molar refractivity (Wildman–Crippen MR) is 60.2 cm³/mol. The molecule has 1 aliphatic rings. The molecular weight excluding hydrogens is 204 g/mol. The van der Waals surface area contributed by atoms with E-state index in [4.69, 9.17) is 9.84 Å². The van der Waals surface area contributed by atoms with Crippen molar-refractivity contribution in [2.75, 3.05) is 6.61 Å². The summed E-state index contributed by atoms with van der Waals surface area (Å²) >= 11 is 0. The largest absolute Gasteiger partial charge is 0.473 e. The molecular formula is C12H18N2O2. The first-order chi connectivity index (χ1) is 7.78. The molecule has 0 aliphatic heterocycles. The number of aromatic nitrogens is 2. The Labute approximate surface area is 95.7 Å². The molecule has 0 amide bonds. The van der Waals surface area contributed by atoms with Gasteiger partial charge in [-0.25, -0.2) is 0 Å². The quantitative estimate of drug-likeness (QED) is 0.846. The number of rotatable bonds is 3. The maximum Gasteiger partial charge on any atom is 0.233 e. The van der Waals surface area contributed by atoms with Crippen LogP contribution in [0.15, 0.2) is 12.3 Å². The van der Waals surface area contributed by atoms with Gasteiger partial charge in [-0.15, -0.1) is 5.10 Å². The fourth-order valence-corrected chi connectivity index (χ4v) is 2.10. The zero-order valence-electron chi connectivity index (χ0n) is 9.59. The van der Waals surface area contributed by atoms with Crippen LogP contribution in [0, 0.1) is 12.8 Å². The Kier molecular flexibility index (Phi) is 3.72. The SMILES string of the molecule is Cc1cnnc(OC2CCC(CO)CC2)c1. The normalized spacial score (nSPS) is 25.4. The number of aliphatic hydroxyl groups excluding tert-OH is 1. The number of nitrogens with zero attached hydrogens (tertiary/aromatic N) is 2. The molecule has 0 unspecified atom stereocenters. The summed E-state index contributed by atoms with van der Waals surface area (Å²) in [5.41, 5.74) is 1.06. The molecule has 16 heavy (non-hydrogen) atoms. The second-order valence-electron chi connectivity index (χ2n) is 4.51. The van der Waals surface area contributed by atoms with Gasteiger partial charge in [-0.1, -0.05) is 0 Å². The van der Waals surface area contributed by atoms with E-state index < -0.39 is 0 Å². The molecule has 0 bridgehead atoms. The van der Waals surface area contributed by atoms with Crippen LogP contribution in [0.3, 0.4) is 0 Å². The van der Waals surface area contributed by atoms with Crippen LogP contribution in [0.5, 0.6) is 5.88 Å². The maximum atomic E-state index is 9.04. The van der Waals surface area contributed by atoms with Crippen LogP contribution >= 0.6 is 0 Å². The Bertz CT molecular complexity index is 336. The van der Waals surface area contributed by atoms with Crippen molar-refractivity contribution in [3.63, 3.8) is 0 Å². The Balaban J connectivity index is 1.87. The molecule has 0 aromatic carbocycles. The third-order valence-corrected chi connectivity index (χ3v) is 3.11. The van der Waals surface area contributed by atoms with Gasteiger partial charge < -0.3 is 9.84 Å². The van der Waals surface area contributed by atoms with Crippen LogP contribution in [0.2, 0.25) is 0 Å². The van der Waals surface area contributed by atoms with Crippen molar-refractivity contribution < 1.29 is 9.84 Å². The summed E-state index contributed by atoms with van der Waals surface area (Å²) < 4.78 is 5.77. The van der Waals surface area contributed by atoms with E-state index in [1.165, 1.54) is 0 Å². The Morgan fingerprint density at radius 2 is 2.12 bits per heavy atom. The molecule has 0 atom stereocenters. The van der Waals surface area contributed by atoms with E-state index in [2.05, 4.69) is 10.2 Å². The van der Waals surface area contributed by atoms with Gasteiger partial charge in [-0.05, 0) is 44.1 Å². The van der Waals surface area contributed by atoms with Gasteiger partial charge in [0.2, 0.25) is 5.88 Å². The van der Waals surface area contributed by atoms with Crippen molar-refractivity contribution in [2.45, 2.75) is 38.7 Å². The average Bonchev–Trinajstić information content (AvgIpc) is 2.30. The lowest BCUT2D eigenvalue weighted by atomic mass is 9.88. The molecule has 1 fully saturated rings. The molecule has 4 nitrogen and oxygen atoms in total. The van der Waals surface area contributed by atoms with Crippen molar-refractivity contribution in [3.05, 3.63) is 17.8 Å². The molecule has 2 rings (SSSR count). The van der Waals surface area contributed by atoms with Crippen LogP contribution in [0.1, 0.15) is 31.2 Å². The standard InChI is InChI=1S/C12H18N2O2/c1-9-6-12(14-13-7-9)16-11-4-2-10(8-15)3-5-11/h6-7,10-11,15H,2-5,8H2,1H3. The van der Waals surface area contributed by atoms with Gasteiger partial charge in [0.1, 0.15) is 6.10 Å². The summed E-state index contributed by atoms with van der Waals surface area (Å²) in [5, 5.41) is 16.9. The highest BCUT2D eigenvalue weighted by atomic mass is 16.5. The van der Waals surface area contributed by atoms with Gasteiger partial charge in [0, 0.05) is 12.7 Å². The van der Waals surface area contributed by atoms with Crippen LogP contribution in [-0.4, -0.2) is 28.0 Å². The lowest BCUT2D eigenvalue weighted by Gasteiger charge is -2.27. The van der Waals surface area contributed by atoms with E-state index in [-0.39, 0.29) is 6.10 Å². The first-order valence-electron chi connectivity index (χ1n) is 5.85. The summed E-state index contributed by atoms with van der Waals surface area (Å²) in [6.45, 7) is 2.28. The fraction of sp³-hybridized carbons (Fsp3) is 0.667. The second-order valence-corrected chi connectivity index (χ2v) is 4.51. The summed E-state index contributed by atoms with van der Waals surface area (Å²) in [4.78, 5) is 0. The molecule has 0 radical (unpaired) electrons. The third-order valence-electron chi connectivity index (χ3n) is 3.11. The van der Waals surface area contributed by atoms with E-state index in [9.17, 15) is 0 Å². The van der Waals surface area contributed by atoms with Crippen LogP contribution in [0.25, 0.3) is 0 Å². The van der Waals surface area contributed by atoms with Gasteiger partial charge in [-0.3, -0.25) is 0 Å². The highest BCUT2D eigenvalue weighted by Crippen LogP contribution is 2.26. The lowest BCUT2D eigenvalue weighted by molar-refractivity contribution is 0.0996. The topological polar surface area (TPSA) is 55.2 Å². The molecule has 1 aromatic heterocycles. The Morgan fingerprint density at radius 1 is 1.38 bits per heavy atom. The molecule has 1 N–H and O–H groups in total. The number of aliphatic hydroxyl groups is 1. The van der Waals surface area contributed by atoms with Gasteiger partial charge >= 0.3 is 0 Å². The average molecular weight is 222 g/mol. The molecule has 1 heterocycles. The van der Waals surface area contributed by atoms with Gasteiger partial charge in [-0.2, -0.15) is 5.10 Å².